The Balaban J connectivity index is 1.90. The van der Waals surface area contributed by atoms with Gasteiger partial charge in [-0.1, -0.05) is 19.4 Å². The minimum absolute atomic E-state index is 0.000243. The highest BCUT2D eigenvalue weighted by molar-refractivity contribution is 6.02. The van der Waals surface area contributed by atoms with Crippen molar-refractivity contribution in [2.24, 2.45) is 0 Å². The molecule has 0 aliphatic heterocycles. The molecule has 1 amide bonds. The molecule has 1 aliphatic rings. The van der Waals surface area contributed by atoms with Crippen molar-refractivity contribution in [1.29, 1.82) is 0 Å². The summed E-state index contributed by atoms with van der Waals surface area (Å²) in [5.41, 5.74) is 11.8. The monoisotopic (exact) mass is 353 g/mol. The number of rotatable bonds is 5. The van der Waals surface area contributed by atoms with Gasteiger partial charge in [-0.2, -0.15) is 0 Å². The van der Waals surface area contributed by atoms with E-state index < -0.39 is 0 Å². The Morgan fingerprint density at radius 3 is 2.81 bits per heavy atom. The second-order valence-electron chi connectivity index (χ2n) is 7.16. The van der Waals surface area contributed by atoms with Crippen molar-refractivity contribution >= 4 is 17.4 Å². The lowest BCUT2D eigenvalue weighted by Crippen LogP contribution is -2.32. The fraction of sp³-hybridized carbons (Fsp3) is 0.429. The SMILES string of the molecule is CCCc1c(C(=O)NC2CCCc3cc(N)ccc32)[nH]c(C)c1C(C)=O. The predicted molar refractivity (Wildman–Crippen MR) is 104 cm³/mol. The summed E-state index contributed by atoms with van der Waals surface area (Å²) >= 11 is 0. The maximum absolute atomic E-state index is 13.0. The molecule has 0 fully saturated rings. The average Bonchev–Trinajstić information content (AvgIpc) is 2.91. The standard InChI is InChI=1S/C21H27N3O2/c1-4-6-17-19(13(3)25)12(2)23-20(17)21(26)24-18-8-5-7-14-11-15(22)9-10-16(14)18/h9-11,18,23H,4-8,22H2,1-3H3,(H,24,26). The zero-order valence-corrected chi connectivity index (χ0v) is 15.7. The molecule has 1 aliphatic carbocycles. The van der Waals surface area contributed by atoms with Crippen LogP contribution in [0.25, 0.3) is 0 Å². The van der Waals surface area contributed by atoms with Crippen LogP contribution in [0.3, 0.4) is 0 Å². The maximum Gasteiger partial charge on any atom is 0.268 e. The molecule has 1 aromatic carbocycles. The van der Waals surface area contributed by atoms with E-state index in [1.54, 1.807) is 6.92 Å². The molecule has 0 radical (unpaired) electrons. The second kappa shape index (κ2) is 7.36. The van der Waals surface area contributed by atoms with Gasteiger partial charge in [-0.15, -0.1) is 0 Å². The number of aromatic nitrogens is 1. The van der Waals surface area contributed by atoms with Gasteiger partial charge in [-0.05, 0) is 68.4 Å². The number of Topliss-reactive ketones (excluding diaryl/α,β-unsaturated/α-hetero) is 1. The van der Waals surface area contributed by atoms with E-state index in [1.807, 2.05) is 25.1 Å². The molecule has 5 heteroatoms. The Morgan fingerprint density at radius 2 is 2.12 bits per heavy atom. The fourth-order valence-electron chi connectivity index (χ4n) is 4.06. The molecule has 1 aromatic heterocycles. The summed E-state index contributed by atoms with van der Waals surface area (Å²) in [5, 5.41) is 3.17. The van der Waals surface area contributed by atoms with Crippen LogP contribution in [0, 0.1) is 6.92 Å². The normalized spacial score (nSPS) is 16.2. The first-order valence-corrected chi connectivity index (χ1v) is 9.33. The summed E-state index contributed by atoms with van der Waals surface area (Å²) in [5.74, 6) is -0.140. The molecule has 2 aromatic rings. The van der Waals surface area contributed by atoms with Crippen molar-refractivity contribution in [2.75, 3.05) is 5.73 Å². The van der Waals surface area contributed by atoms with E-state index in [9.17, 15) is 9.59 Å². The number of nitrogen functional groups attached to an aromatic ring is 1. The van der Waals surface area contributed by atoms with Gasteiger partial charge in [0.2, 0.25) is 0 Å². The highest BCUT2D eigenvalue weighted by Gasteiger charge is 2.26. The number of anilines is 1. The predicted octanol–water partition coefficient (Wildman–Crippen LogP) is 3.87. The number of nitrogens with two attached hydrogens (primary N) is 1. The Hall–Kier alpha value is -2.56. The Labute approximate surface area is 154 Å². The van der Waals surface area contributed by atoms with Gasteiger partial charge in [0.05, 0.1) is 6.04 Å². The average molecular weight is 353 g/mol. The third-order valence-corrected chi connectivity index (χ3v) is 5.16. The highest BCUT2D eigenvalue weighted by Crippen LogP contribution is 2.31. The first kappa shape index (κ1) is 18.2. The van der Waals surface area contributed by atoms with Crippen LogP contribution in [-0.2, 0) is 12.8 Å². The van der Waals surface area contributed by atoms with Crippen molar-refractivity contribution in [2.45, 2.75) is 58.9 Å². The Bertz CT molecular complexity index is 851. The summed E-state index contributed by atoms with van der Waals surface area (Å²) in [4.78, 5) is 28.2. The highest BCUT2D eigenvalue weighted by atomic mass is 16.2. The molecular weight excluding hydrogens is 326 g/mol. The third kappa shape index (κ3) is 3.39. The summed E-state index contributed by atoms with van der Waals surface area (Å²) in [7, 11) is 0. The first-order chi connectivity index (χ1) is 12.4. The smallest absolute Gasteiger partial charge is 0.268 e. The summed E-state index contributed by atoms with van der Waals surface area (Å²) < 4.78 is 0. The lowest BCUT2D eigenvalue weighted by Gasteiger charge is -2.26. The van der Waals surface area contributed by atoms with E-state index in [4.69, 9.17) is 5.73 Å². The fourth-order valence-corrected chi connectivity index (χ4v) is 4.06. The van der Waals surface area contributed by atoms with Crippen molar-refractivity contribution in [3.63, 3.8) is 0 Å². The van der Waals surface area contributed by atoms with E-state index in [-0.39, 0.29) is 17.7 Å². The van der Waals surface area contributed by atoms with Crippen LogP contribution < -0.4 is 11.1 Å². The number of aryl methyl sites for hydroxylation is 2. The second-order valence-corrected chi connectivity index (χ2v) is 7.16. The molecule has 3 rings (SSSR count). The lowest BCUT2D eigenvalue weighted by molar-refractivity contribution is 0.0927. The van der Waals surface area contributed by atoms with Crippen LogP contribution >= 0.6 is 0 Å². The van der Waals surface area contributed by atoms with Gasteiger partial charge in [0.25, 0.3) is 5.91 Å². The Morgan fingerprint density at radius 1 is 1.35 bits per heavy atom. The number of carbonyl (C=O) groups is 2. The molecule has 1 heterocycles. The number of hydrogen-bond acceptors (Lipinski definition) is 3. The minimum Gasteiger partial charge on any atom is -0.399 e. The van der Waals surface area contributed by atoms with E-state index in [1.165, 1.54) is 5.56 Å². The zero-order valence-electron chi connectivity index (χ0n) is 15.7. The quantitative estimate of drug-likeness (QED) is 0.563. The molecule has 0 saturated heterocycles. The van der Waals surface area contributed by atoms with Crippen LogP contribution in [0.15, 0.2) is 18.2 Å². The molecule has 138 valence electrons. The summed E-state index contributed by atoms with van der Waals surface area (Å²) in [6.45, 7) is 5.46. The van der Waals surface area contributed by atoms with Crippen LogP contribution in [0.1, 0.15) is 82.4 Å². The van der Waals surface area contributed by atoms with Gasteiger partial charge in [0, 0.05) is 16.9 Å². The number of nitrogens with one attached hydrogen (secondary N) is 2. The van der Waals surface area contributed by atoms with E-state index in [0.717, 1.165) is 48.2 Å². The number of aromatic amines is 1. The molecule has 1 unspecified atom stereocenters. The molecule has 26 heavy (non-hydrogen) atoms. The molecule has 0 bridgehead atoms. The van der Waals surface area contributed by atoms with Crippen LogP contribution in [-0.4, -0.2) is 16.7 Å². The van der Waals surface area contributed by atoms with Crippen molar-refractivity contribution < 1.29 is 9.59 Å². The van der Waals surface area contributed by atoms with Gasteiger partial charge in [-0.25, -0.2) is 0 Å². The van der Waals surface area contributed by atoms with Gasteiger partial charge in [0.15, 0.2) is 5.78 Å². The zero-order chi connectivity index (χ0) is 18.8. The number of hydrogen-bond donors (Lipinski definition) is 3. The molecule has 4 N–H and O–H groups in total. The van der Waals surface area contributed by atoms with E-state index in [2.05, 4.69) is 17.2 Å². The van der Waals surface area contributed by atoms with Crippen LogP contribution in [0.2, 0.25) is 0 Å². The first-order valence-electron chi connectivity index (χ1n) is 9.33. The minimum atomic E-state index is -0.140. The van der Waals surface area contributed by atoms with Crippen molar-refractivity contribution in [3.05, 3.63) is 51.8 Å². The molecule has 0 saturated carbocycles. The number of ketones is 1. The number of benzene rings is 1. The molecular formula is C21H27N3O2. The summed E-state index contributed by atoms with van der Waals surface area (Å²) in [6, 6.07) is 5.88. The van der Waals surface area contributed by atoms with Crippen molar-refractivity contribution in [1.82, 2.24) is 10.3 Å². The van der Waals surface area contributed by atoms with E-state index >= 15 is 0 Å². The van der Waals surface area contributed by atoms with Crippen LogP contribution in [0.5, 0.6) is 0 Å². The Kier molecular flexibility index (Phi) is 5.16. The number of H-pyrrole nitrogens is 1. The number of amides is 1. The van der Waals surface area contributed by atoms with Gasteiger partial charge < -0.3 is 16.0 Å². The lowest BCUT2D eigenvalue weighted by atomic mass is 9.87. The van der Waals surface area contributed by atoms with Gasteiger partial charge in [0.1, 0.15) is 5.69 Å². The number of carbonyl (C=O) groups excluding carboxylic acids is 2. The largest absolute Gasteiger partial charge is 0.399 e. The third-order valence-electron chi connectivity index (χ3n) is 5.16. The summed E-state index contributed by atoms with van der Waals surface area (Å²) in [6.07, 6.45) is 4.50. The molecule has 5 nitrogen and oxygen atoms in total. The molecule has 0 spiro atoms. The van der Waals surface area contributed by atoms with Gasteiger partial charge in [-0.3, -0.25) is 9.59 Å². The molecule has 1 atom stereocenters. The maximum atomic E-state index is 13.0. The van der Waals surface area contributed by atoms with Gasteiger partial charge >= 0.3 is 0 Å². The van der Waals surface area contributed by atoms with Crippen molar-refractivity contribution in [3.8, 4) is 0 Å². The van der Waals surface area contributed by atoms with E-state index in [0.29, 0.717) is 17.7 Å². The number of fused-ring (bicyclic) bond motifs is 1. The topological polar surface area (TPSA) is 88.0 Å². The van der Waals surface area contributed by atoms with Crippen LogP contribution in [0.4, 0.5) is 5.69 Å².